The molecular formula is C27H36O3. The number of hydrogen-bond acceptors (Lipinski definition) is 3. The van der Waals surface area contributed by atoms with Crippen molar-refractivity contribution in [2.45, 2.75) is 83.7 Å². The fourth-order valence-corrected chi connectivity index (χ4v) is 8.62. The average Bonchev–Trinajstić information content (AvgIpc) is 3.44. The summed E-state index contributed by atoms with van der Waals surface area (Å²) in [6.07, 6.45) is 12.8. The molecule has 0 bridgehead atoms. The fraction of sp³-hybridized carbons (Fsp3) is 0.741. The van der Waals surface area contributed by atoms with Gasteiger partial charge in [0, 0.05) is 17.8 Å². The predicted molar refractivity (Wildman–Crippen MR) is 116 cm³/mol. The lowest BCUT2D eigenvalue weighted by Crippen LogP contribution is -2.56. The molecular weight excluding hydrogens is 372 g/mol. The van der Waals surface area contributed by atoms with Gasteiger partial charge in [0.1, 0.15) is 5.76 Å². The van der Waals surface area contributed by atoms with Crippen molar-refractivity contribution in [3.05, 3.63) is 35.8 Å². The van der Waals surface area contributed by atoms with Gasteiger partial charge in [-0.25, -0.2) is 0 Å². The van der Waals surface area contributed by atoms with E-state index in [1.807, 2.05) is 6.08 Å². The van der Waals surface area contributed by atoms with Gasteiger partial charge in [0.05, 0.1) is 5.60 Å². The number of rotatable bonds is 3. The molecule has 1 aromatic rings. The summed E-state index contributed by atoms with van der Waals surface area (Å²) in [5, 5.41) is 11.3. The zero-order valence-electron chi connectivity index (χ0n) is 18.6. The van der Waals surface area contributed by atoms with Crippen LogP contribution in [0, 0.1) is 40.4 Å². The maximum absolute atomic E-state index is 12.6. The van der Waals surface area contributed by atoms with Crippen LogP contribution >= 0.6 is 0 Å². The molecule has 0 spiro atoms. The van der Waals surface area contributed by atoms with E-state index in [0.717, 1.165) is 50.7 Å². The zero-order valence-corrected chi connectivity index (χ0v) is 18.6. The lowest BCUT2D eigenvalue weighted by atomic mass is 9.44. The minimum absolute atomic E-state index is 0.0154. The molecule has 0 aromatic carbocycles. The second kappa shape index (κ2) is 6.12. The molecule has 5 aliphatic carbocycles. The smallest absolute Gasteiger partial charge is 0.201 e. The first-order valence-electron chi connectivity index (χ1n) is 12.3. The summed E-state index contributed by atoms with van der Waals surface area (Å²) in [7, 11) is 0. The molecule has 4 saturated carbocycles. The van der Waals surface area contributed by atoms with E-state index in [2.05, 4.69) is 26.5 Å². The van der Waals surface area contributed by atoms with Crippen LogP contribution in [0.15, 0.2) is 23.1 Å². The lowest BCUT2D eigenvalue weighted by Gasteiger charge is -2.60. The van der Waals surface area contributed by atoms with E-state index in [-0.39, 0.29) is 22.5 Å². The van der Waals surface area contributed by atoms with Crippen LogP contribution < -0.4 is 0 Å². The van der Waals surface area contributed by atoms with E-state index in [1.54, 1.807) is 0 Å². The second-order valence-corrected chi connectivity index (χ2v) is 11.9. The van der Waals surface area contributed by atoms with Gasteiger partial charge in [-0.15, -0.1) is 6.58 Å². The Labute approximate surface area is 180 Å². The van der Waals surface area contributed by atoms with Crippen molar-refractivity contribution in [3.63, 3.8) is 0 Å². The Morgan fingerprint density at radius 2 is 1.90 bits per heavy atom. The van der Waals surface area contributed by atoms with Gasteiger partial charge in [0.2, 0.25) is 5.78 Å². The van der Waals surface area contributed by atoms with Crippen LogP contribution in [-0.4, -0.2) is 16.5 Å². The monoisotopic (exact) mass is 408 g/mol. The van der Waals surface area contributed by atoms with E-state index < -0.39 is 5.60 Å². The van der Waals surface area contributed by atoms with E-state index in [4.69, 9.17) is 4.42 Å². The van der Waals surface area contributed by atoms with E-state index in [1.165, 1.54) is 24.8 Å². The Morgan fingerprint density at radius 1 is 1.13 bits per heavy atom. The molecule has 0 aliphatic heterocycles. The van der Waals surface area contributed by atoms with Crippen molar-refractivity contribution < 1.29 is 14.3 Å². The van der Waals surface area contributed by atoms with Gasteiger partial charge < -0.3 is 9.52 Å². The van der Waals surface area contributed by atoms with Crippen molar-refractivity contribution in [2.24, 2.45) is 40.4 Å². The summed E-state index contributed by atoms with van der Waals surface area (Å²) < 4.78 is 6.13. The Hall–Kier alpha value is -1.35. The van der Waals surface area contributed by atoms with Gasteiger partial charge in [0.15, 0.2) is 5.76 Å². The topological polar surface area (TPSA) is 50.4 Å². The molecule has 1 aromatic heterocycles. The van der Waals surface area contributed by atoms with Crippen LogP contribution in [0.4, 0.5) is 0 Å². The molecule has 3 unspecified atom stereocenters. The largest absolute Gasteiger partial charge is 0.458 e. The standard InChI is InChI=1S/C27H36O3/c1-4-27(29)12-10-21-19-8-7-18-14-22-17(13-23(30-22)24(28)16-5-6-16)15-25(18,2)20(19)9-11-26(21,27)3/h4,13,16,18-21,29H,1,5-12,14-15H2,2-3H3/t18-,19?,20?,21?,25-,26-,27-/m0/s1. The molecule has 3 nitrogen and oxygen atoms in total. The molecule has 1 N–H and O–H groups in total. The molecule has 0 radical (unpaired) electrons. The molecule has 30 heavy (non-hydrogen) atoms. The first-order chi connectivity index (χ1) is 14.3. The van der Waals surface area contributed by atoms with Crippen LogP contribution in [0.5, 0.6) is 0 Å². The number of furan rings is 1. The SMILES string of the molecule is C=C[C@]1(O)CCC2C3CC[C@H]4Cc5oc(C(=O)C6CC6)cc5C[C@]4(C)C3CC[C@@]21C. The summed E-state index contributed by atoms with van der Waals surface area (Å²) in [4.78, 5) is 12.6. The van der Waals surface area contributed by atoms with Gasteiger partial charge in [-0.2, -0.15) is 0 Å². The van der Waals surface area contributed by atoms with Gasteiger partial charge in [0.25, 0.3) is 0 Å². The predicted octanol–water partition coefficient (Wildman–Crippen LogP) is 5.75. The second-order valence-electron chi connectivity index (χ2n) is 11.9. The van der Waals surface area contributed by atoms with Crippen molar-refractivity contribution in [2.75, 3.05) is 0 Å². The third-order valence-electron chi connectivity index (χ3n) is 10.7. The highest BCUT2D eigenvalue weighted by atomic mass is 16.3. The van der Waals surface area contributed by atoms with Crippen LogP contribution in [0.25, 0.3) is 0 Å². The van der Waals surface area contributed by atoms with E-state index >= 15 is 0 Å². The molecule has 3 heteroatoms. The Balaban J connectivity index is 1.31. The van der Waals surface area contributed by atoms with Crippen LogP contribution in [0.1, 0.15) is 87.1 Å². The van der Waals surface area contributed by atoms with E-state index in [9.17, 15) is 9.90 Å². The highest BCUT2D eigenvalue weighted by Gasteiger charge is 2.63. The van der Waals surface area contributed by atoms with Gasteiger partial charge in [-0.3, -0.25) is 4.79 Å². The minimum Gasteiger partial charge on any atom is -0.458 e. The van der Waals surface area contributed by atoms with Gasteiger partial charge >= 0.3 is 0 Å². The Bertz CT molecular complexity index is 909. The lowest BCUT2D eigenvalue weighted by molar-refractivity contribution is -0.130. The third-order valence-corrected chi connectivity index (χ3v) is 10.7. The van der Waals surface area contributed by atoms with Crippen LogP contribution in [-0.2, 0) is 12.8 Å². The summed E-state index contributed by atoms with van der Waals surface area (Å²) >= 11 is 0. The molecule has 6 rings (SSSR count). The van der Waals surface area contributed by atoms with Crippen molar-refractivity contribution in [1.82, 2.24) is 0 Å². The number of hydrogen-bond donors (Lipinski definition) is 1. The normalized spacial score (nSPS) is 47.0. The molecule has 1 heterocycles. The molecule has 0 amide bonds. The maximum Gasteiger partial charge on any atom is 0.201 e. The number of aliphatic hydroxyl groups is 1. The minimum atomic E-state index is -0.692. The Morgan fingerprint density at radius 3 is 2.63 bits per heavy atom. The maximum atomic E-state index is 12.6. The summed E-state index contributed by atoms with van der Waals surface area (Å²) in [6.45, 7) is 8.87. The first kappa shape index (κ1) is 19.3. The highest BCUT2D eigenvalue weighted by molar-refractivity contribution is 5.97. The number of carbonyl (C=O) groups excluding carboxylic acids is 1. The molecule has 0 saturated heterocycles. The van der Waals surface area contributed by atoms with Gasteiger partial charge in [-0.05, 0) is 98.5 Å². The summed E-state index contributed by atoms with van der Waals surface area (Å²) in [6, 6.07) is 2.10. The van der Waals surface area contributed by atoms with Crippen molar-refractivity contribution in [1.29, 1.82) is 0 Å². The molecule has 7 atom stereocenters. The van der Waals surface area contributed by atoms with Crippen LogP contribution in [0.3, 0.4) is 0 Å². The van der Waals surface area contributed by atoms with E-state index in [0.29, 0.717) is 29.4 Å². The Kier molecular flexibility index (Phi) is 3.95. The average molecular weight is 409 g/mol. The highest BCUT2D eigenvalue weighted by Crippen LogP contribution is 2.68. The summed E-state index contributed by atoms with van der Waals surface area (Å²) in [5.41, 5.74) is 0.887. The fourth-order valence-electron chi connectivity index (χ4n) is 8.62. The molecule has 162 valence electrons. The quantitative estimate of drug-likeness (QED) is 0.512. The zero-order chi connectivity index (χ0) is 20.9. The number of Topliss-reactive ketones (excluding diaryl/α,β-unsaturated/α-hetero) is 1. The number of carbonyl (C=O) groups is 1. The number of ketones is 1. The van der Waals surface area contributed by atoms with Crippen molar-refractivity contribution in [3.8, 4) is 0 Å². The molecule has 4 fully saturated rings. The van der Waals surface area contributed by atoms with Crippen LogP contribution in [0.2, 0.25) is 0 Å². The first-order valence-corrected chi connectivity index (χ1v) is 12.3. The summed E-state index contributed by atoms with van der Waals surface area (Å²) in [5.74, 6) is 4.87. The van der Waals surface area contributed by atoms with Crippen molar-refractivity contribution >= 4 is 5.78 Å². The third kappa shape index (κ3) is 2.39. The van der Waals surface area contributed by atoms with Gasteiger partial charge in [-0.1, -0.05) is 19.9 Å². The number of fused-ring (bicyclic) bond motifs is 6. The molecule has 5 aliphatic rings.